The molecule has 0 saturated heterocycles. The van der Waals surface area contributed by atoms with Crippen molar-refractivity contribution in [3.8, 4) is 0 Å². The first-order chi connectivity index (χ1) is 9.41. The van der Waals surface area contributed by atoms with Crippen LogP contribution in [0.4, 0.5) is 0 Å². The molecular weight excluding hydrogens is 276 g/mol. The molecular formula is C15H24O4S. The van der Waals surface area contributed by atoms with Crippen LogP contribution in [0.3, 0.4) is 0 Å². The van der Waals surface area contributed by atoms with E-state index in [1.54, 1.807) is 0 Å². The molecule has 4 nitrogen and oxygen atoms in total. The SMILES string of the molecule is COC(=O)CC1(CS(=O)(=O)CC2CC3CCC2C3)CC1. The summed E-state index contributed by atoms with van der Waals surface area (Å²) in [5.74, 6) is 2.06. The van der Waals surface area contributed by atoms with E-state index in [1.165, 1.54) is 26.4 Å². The predicted molar refractivity (Wildman–Crippen MR) is 75.9 cm³/mol. The Labute approximate surface area is 121 Å². The van der Waals surface area contributed by atoms with Crippen molar-refractivity contribution in [1.82, 2.24) is 0 Å². The highest BCUT2D eigenvalue weighted by Gasteiger charge is 2.49. The van der Waals surface area contributed by atoms with Crippen molar-refractivity contribution in [2.75, 3.05) is 18.6 Å². The lowest BCUT2D eigenvalue weighted by atomic mass is 9.90. The maximum Gasteiger partial charge on any atom is 0.306 e. The molecule has 3 rings (SSSR count). The average molecular weight is 300 g/mol. The lowest BCUT2D eigenvalue weighted by molar-refractivity contribution is -0.141. The van der Waals surface area contributed by atoms with Gasteiger partial charge in [0, 0.05) is 0 Å². The maximum atomic E-state index is 12.4. The molecule has 3 aliphatic rings. The number of esters is 1. The van der Waals surface area contributed by atoms with Gasteiger partial charge < -0.3 is 4.74 Å². The Kier molecular flexibility index (Phi) is 3.59. The minimum absolute atomic E-state index is 0.184. The average Bonchev–Trinajstić information content (AvgIpc) is 2.82. The molecule has 0 aliphatic heterocycles. The van der Waals surface area contributed by atoms with Crippen LogP contribution >= 0.6 is 0 Å². The molecule has 3 saturated carbocycles. The zero-order valence-corrected chi connectivity index (χ0v) is 13.0. The fourth-order valence-electron chi connectivity index (χ4n) is 4.36. The van der Waals surface area contributed by atoms with Gasteiger partial charge in [-0.05, 0) is 55.3 Å². The highest BCUT2D eigenvalue weighted by atomic mass is 32.2. The van der Waals surface area contributed by atoms with Crippen molar-refractivity contribution in [2.24, 2.45) is 23.2 Å². The maximum absolute atomic E-state index is 12.4. The van der Waals surface area contributed by atoms with Crippen LogP contribution < -0.4 is 0 Å². The molecule has 20 heavy (non-hydrogen) atoms. The van der Waals surface area contributed by atoms with Crippen LogP contribution in [0, 0.1) is 23.2 Å². The van der Waals surface area contributed by atoms with Crippen molar-refractivity contribution in [3.05, 3.63) is 0 Å². The largest absolute Gasteiger partial charge is 0.469 e. The summed E-state index contributed by atoms with van der Waals surface area (Å²) in [6.07, 6.45) is 6.82. The molecule has 0 aromatic heterocycles. The van der Waals surface area contributed by atoms with Crippen LogP contribution in [0.15, 0.2) is 0 Å². The van der Waals surface area contributed by atoms with Gasteiger partial charge in [0.15, 0.2) is 9.84 Å². The second kappa shape index (κ2) is 5.00. The zero-order valence-electron chi connectivity index (χ0n) is 12.1. The Morgan fingerprint density at radius 3 is 2.50 bits per heavy atom. The minimum Gasteiger partial charge on any atom is -0.469 e. The normalized spacial score (nSPS) is 34.1. The molecule has 3 fully saturated rings. The van der Waals surface area contributed by atoms with Crippen LogP contribution in [0.25, 0.3) is 0 Å². The van der Waals surface area contributed by atoms with Crippen molar-refractivity contribution in [3.63, 3.8) is 0 Å². The molecule has 0 amide bonds. The number of rotatable bonds is 6. The third-order valence-electron chi connectivity index (χ3n) is 5.58. The zero-order chi connectivity index (χ0) is 14.4. The monoisotopic (exact) mass is 300 g/mol. The van der Waals surface area contributed by atoms with Gasteiger partial charge in [0.1, 0.15) is 0 Å². The number of hydrogen-bond donors (Lipinski definition) is 0. The van der Waals surface area contributed by atoms with E-state index >= 15 is 0 Å². The quantitative estimate of drug-likeness (QED) is 0.705. The van der Waals surface area contributed by atoms with Gasteiger partial charge in [-0.2, -0.15) is 0 Å². The Morgan fingerprint density at radius 1 is 1.25 bits per heavy atom. The van der Waals surface area contributed by atoms with Crippen LogP contribution in [0.1, 0.15) is 44.9 Å². The molecule has 5 heteroatoms. The lowest BCUT2D eigenvalue weighted by Crippen LogP contribution is -2.28. The Hall–Kier alpha value is -0.580. The molecule has 0 spiro atoms. The van der Waals surface area contributed by atoms with Gasteiger partial charge in [-0.3, -0.25) is 4.79 Å². The van der Waals surface area contributed by atoms with Crippen LogP contribution in [0.5, 0.6) is 0 Å². The summed E-state index contributed by atoms with van der Waals surface area (Å²) >= 11 is 0. The van der Waals surface area contributed by atoms with Crippen molar-refractivity contribution >= 4 is 15.8 Å². The van der Waals surface area contributed by atoms with E-state index in [-0.39, 0.29) is 23.6 Å². The van der Waals surface area contributed by atoms with Gasteiger partial charge in [0.2, 0.25) is 0 Å². The van der Waals surface area contributed by atoms with E-state index in [1.807, 2.05) is 0 Å². The number of hydrogen-bond acceptors (Lipinski definition) is 4. The van der Waals surface area contributed by atoms with Crippen molar-refractivity contribution in [1.29, 1.82) is 0 Å². The standard InChI is InChI=1S/C15H24O4S/c1-19-14(16)8-15(4-5-15)10-20(17,18)9-13-7-11-2-3-12(13)6-11/h11-13H,2-10H2,1H3. The molecule has 0 radical (unpaired) electrons. The summed E-state index contributed by atoms with van der Waals surface area (Å²) in [4.78, 5) is 11.4. The lowest BCUT2D eigenvalue weighted by Gasteiger charge is -2.22. The van der Waals surface area contributed by atoms with Crippen molar-refractivity contribution in [2.45, 2.75) is 44.9 Å². The summed E-state index contributed by atoms with van der Waals surface area (Å²) in [6.45, 7) is 0. The number of carbonyl (C=O) groups is 1. The second-order valence-corrected chi connectivity index (χ2v) is 9.35. The minimum atomic E-state index is -3.04. The molecule has 3 atom stereocenters. The number of methoxy groups -OCH3 is 1. The molecule has 114 valence electrons. The van der Waals surface area contributed by atoms with Gasteiger partial charge in [-0.25, -0.2) is 8.42 Å². The summed E-state index contributed by atoms with van der Waals surface area (Å²) in [5.41, 5.74) is -0.302. The first-order valence-corrected chi connectivity index (χ1v) is 9.51. The van der Waals surface area contributed by atoms with Gasteiger partial charge in [0.05, 0.1) is 25.0 Å². The highest BCUT2D eigenvalue weighted by molar-refractivity contribution is 7.91. The number of ether oxygens (including phenoxy) is 1. The molecule has 3 unspecified atom stereocenters. The molecule has 2 bridgehead atoms. The van der Waals surface area contributed by atoms with E-state index in [4.69, 9.17) is 0 Å². The summed E-state index contributed by atoms with van der Waals surface area (Å²) in [6, 6.07) is 0. The van der Waals surface area contributed by atoms with Crippen LogP contribution in [-0.4, -0.2) is 33.0 Å². The van der Waals surface area contributed by atoms with Crippen molar-refractivity contribution < 1.29 is 17.9 Å². The van der Waals surface area contributed by atoms with E-state index in [2.05, 4.69) is 4.74 Å². The smallest absolute Gasteiger partial charge is 0.306 e. The molecule has 0 heterocycles. The fraction of sp³-hybridized carbons (Fsp3) is 0.933. The van der Waals surface area contributed by atoms with E-state index in [0.29, 0.717) is 17.6 Å². The molecule has 3 aliphatic carbocycles. The van der Waals surface area contributed by atoms with Gasteiger partial charge in [-0.1, -0.05) is 6.42 Å². The molecule has 0 aromatic carbocycles. The summed E-state index contributed by atoms with van der Waals surface area (Å²) < 4.78 is 29.6. The summed E-state index contributed by atoms with van der Waals surface area (Å²) in [5, 5.41) is 0. The molecule has 0 aromatic rings. The first kappa shape index (κ1) is 14.4. The van der Waals surface area contributed by atoms with E-state index in [9.17, 15) is 13.2 Å². The highest BCUT2D eigenvalue weighted by Crippen LogP contribution is 2.52. The topological polar surface area (TPSA) is 60.4 Å². The predicted octanol–water partition coefficient (Wildman–Crippen LogP) is 2.18. The van der Waals surface area contributed by atoms with Gasteiger partial charge in [-0.15, -0.1) is 0 Å². The van der Waals surface area contributed by atoms with Gasteiger partial charge >= 0.3 is 5.97 Å². The Morgan fingerprint density at radius 2 is 2.00 bits per heavy atom. The first-order valence-electron chi connectivity index (χ1n) is 7.69. The number of carbonyl (C=O) groups excluding carboxylic acids is 1. The fourth-order valence-corrected chi connectivity index (χ4v) is 6.86. The second-order valence-electron chi connectivity index (χ2n) is 7.24. The third kappa shape index (κ3) is 3.02. The Balaban J connectivity index is 1.57. The number of sulfone groups is 1. The van der Waals surface area contributed by atoms with Crippen LogP contribution in [0.2, 0.25) is 0 Å². The number of fused-ring (bicyclic) bond motifs is 2. The summed E-state index contributed by atoms with van der Waals surface area (Å²) in [7, 11) is -1.68. The van der Waals surface area contributed by atoms with E-state index < -0.39 is 9.84 Å². The third-order valence-corrected chi connectivity index (χ3v) is 7.57. The molecule has 0 N–H and O–H groups in total. The van der Waals surface area contributed by atoms with Crippen LogP contribution in [-0.2, 0) is 19.4 Å². The van der Waals surface area contributed by atoms with E-state index in [0.717, 1.165) is 25.2 Å². The Bertz CT molecular complexity index is 492. The van der Waals surface area contributed by atoms with Gasteiger partial charge in [0.25, 0.3) is 0 Å².